The van der Waals surface area contributed by atoms with Crippen molar-refractivity contribution < 1.29 is 9.47 Å². The van der Waals surface area contributed by atoms with E-state index < -0.39 is 0 Å². The summed E-state index contributed by atoms with van der Waals surface area (Å²) >= 11 is 1.89. The van der Waals surface area contributed by atoms with E-state index in [1.54, 1.807) is 14.2 Å². The number of halogens is 1. The zero-order chi connectivity index (χ0) is 16.9. The molecule has 0 bridgehead atoms. The van der Waals surface area contributed by atoms with Gasteiger partial charge in [-0.3, -0.25) is 4.99 Å². The van der Waals surface area contributed by atoms with Gasteiger partial charge in [0, 0.05) is 13.6 Å². The maximum atomic E-state index is 5.86. The first kappa shape index (κ1) is 23.2. The first-order chi connectivity index (χ1) is 11.2. The highest BCUT2D eigenvalue weighted by atomic mass is 127. The van der Waals surface area contributed by atoms with E-state index in [1.807, 2.05) is 43.0 Å². The Morgan fingerprint density at radius 3 is 2.42 bits per heavy atom. The van der Waals surface area contributed by atoms with Gasteiger partial charge in [-0.05, 0) is 56.0 Å². The van der Waals surface area contributed by atoms with Crippen LogP contribution in [0.2, 0.25) is 0 Å². The van der Waals surface area contributed by atoms with Crippen molar-refractivity contribution in [2.75, 3.05) is 39.3 Å². The Balaban J connectivity index is 0.00000529. The number of methoxy groups -OCH3 is 1. The van der Waals surface area contributed by atoms with Gasteiger partial charge in [0.25, 0.3) is 0 Å². The van der Waals surface area contributed by atoms with E-state index in [1.165, 1.54) is 12.2 Å². The molecule has 1 aromatic rings. The topological polar surface area (TPSA) is 54.9 Å². The van der Waals surface area contributed by atoms with Crippen LogP contribution < -0.4 is 20.1 Å². The predicted octanol–water partition coefficient (Wildman–Crippen LogP) is 3.39. The molecule has 1 aromatic carbocycles. The lowest BCUT2D eigenvalue weighted by Gasteiger charge is -2.18. The van der Waals surface area contributed by atoms with E-state index in [-0.39, 0.29) is 30.1 Å². The van der Waals surface area contributed by atoms with Crippen LogP contribution in [0, 0.1) is 0 Å². The lowest BCUT2D eigenvalue weighted by atomic mass is 10.3. The number of thioether (sulfide) groups is 1. The molecule has 0 fully saturated rings. The quantitative estimate of drug-likeness (QED) is 0.239. The zero-order valence-corrected chi connectivity index (χ0v) is 18.1. The lowest BCUT2D eigenvalue weighted by molar-refractivity contribution is 0.223. The number of ether oxygens (including phenoxy) is 2. The molecule has 24 heavy (non-hydrogen) atoms. The summed E-state index contributed by atoms with van der Waals surface area (Å²) < 4.78 is 11.0. The number of guanidine groups is 1. The third-order valence-corrected chi connectivity index (χ3v) is 3.94. The Morgan fingerprint density at radius 1 is 1.17 bits per heavy atom. The smallest absolute Gasteiger partial charge is 0.191 e. The second kappa shape index (κ2) is 14.5. The Kier molecular flexibility index (Phi) is 14.0. The minimum Gasteiger partial charge on any atom is -0.497 e. The second-order valence-electron chi connectivity index (χ2n) is 5.18. The van der Waals surface area contributed by atoms with Crippen LogP contribution >= 0.6 is 35.7 Å². The van der Waals surface area contributed by atoms with Gasteiger partial charge in [-0.2, -0.15) is 11.8 Å². The van der Waals surface area contributed by atoms with Crippen LogP contribution in [0.1, 0.15) is 19.8 Å². The number of benzene rings is 1. The fourth-order valence-corrected chi connectivity index (χ4v) is 2.46. The molecule has 0 aliphatic rings. The number of rotatable bonds is 10. The fourth-order valence-electron chi connectivity index (χ4n) is 1.97. The van der Waals surface area contributed by atoms with Crippen molar-refractivity contribution in [2.24, 2.45) is 4.99 Å². The van der Waals surface area contributed by atoms with Crippen molar-refractivity contribution in [1.82, 2.24) is 10.6 Å². The minimum absolute atomic E-state index is 0. The summed E-state index contributed by atoms with van der Waals surface area (Å²) in [7, 11) is 3.44. The van der Waals surface area contributed by atoms with Crippen molar-refractivity contribution in [3.8, 4) is 11.5 Å². The monoisotopic (exact) mass is 467 g/mol. The van der Waals surface area contributed by atoms with E-state index in [9.17, 15) is 0 Å². The molecule has 138 valence electrons. The van der Waals surface area contributed by atoms with Crippen LogP contribution in [-0.4, -0.2) is 51.3 Å². The molecule has 1 unspecified atom stereocenters. The predicted molar refractivity (Wildman–Crippen MR) is 115 cm³/mol. The van der Waals surface area contributed by atoms with Crippen molar-refractivity contribution >= 4 is 41.7 Å². The van der Waals surface area contributed by atoms with Crippen LogP contribution in [-0.2, 0) is 0 Å². The summed E-state index contributed by atoms with van der Waals surface area (Å²) in [4.78, 5) is 4.22. The third-order valence-electron chi connectivity index (χ3n) is 3.24. The van der Waals surface area contributed by atoms with Crippen molar-refractivity contribution in [2.45, 2.75) is 25.9 Å². The van der Waals surface area contributed by atoms with Crippen LogP contribution in [0.3, 0.4) is 0 Å². The fraction of sp³-hybridized carbons (Fsp3) is 0.588. The molecule has 0 radical (unpaired) electrons. The first-order valence-corrected chi connectivity index (χ1v) is 9.33. The molecule has 0 heterocycles. The molecule has 0 aliphatic heterocycles. The number of hydrogen-bond donors (Lipinski definition) is 2. The summed E-state index contributed by atoms with van der Waals surface area (Å²) in [5.41, 5.74) is 0. The van der Waals surface area contributed by atoms with Crippen molar-refractivity contribution in [3.05, 3.63) is 24.3 Å². The molecule has 0 saturated carbocycles. The van der Waals surface area contributed by atoms with Crippen molar-refractivity contribution in [3.63, 3.8) is 0 Å². The lowest BCUT2D eigenvalue weighted by Crippen LogP contribution is -2.42. The summed E-state index contributed by atoms with van der Waals surface area (Å²) in [6.07, 6.45) is 4.55. The normalized spacial score (nSPS) is 12.1. The molecule has 1 atom stereocenters. The average Bonchev–Trinajstić information content (AvgIpc) is 2.58. The third kappa shape index (κ3) is 10.1. The molecule has 7 heteroatoms. The Bertz CT molecular complexity index is 458. The SMILES string of the molecule is CN=C(NCCCCSC)NCC(C)Oc1ccc(OC)cc1.I. The summed E-state index contributed by atoms with van der Waals surface area (Å²) in [6, 6.07) is 7.61. The van der Waals surface area contributed by atoms with Crippen LogP contribution in [0.5, 0.6) is 11.5 Å². The Labute approximate surface area is 167 Å². The number of hydrogen-bond acceptors (Lipinski definition) is 4. The van der Waals surface area contributed by atoms with E-state index in [0.29, 0.717) is 6.54 Å². The number of nitrogens with zero attached hydrogens (tertiary/aromatic N) is 1. The van der Waals surface area contributed by atoms with Gasteiger partial charge in [0.2, 0.25) is 0 Å². The van der Waals surface area contributed by atoms with Gasteiger partial charge >= 0.3 is 0 Å². The van der Waals surface area contributed by atoms with E-state index in [4.69, 9.17) is 9.47 Å². The zero-order valence-electron chi connectivity index (χ0n) is 15.0. The molecule has 0 spiro atoms. The van der Waals surface area contributed by atoms with Crippen molar-refractivity contribution in [1.29, 1.82) is 0 Å². The highest BCUT2D eigenvalue weighted by Crippen LogP contribution is 2.17. The molecular weight excluding hydrogens is 437 g/mol. The summed E-state index contributed by atoms with van der Waals surface area (Å²) in [5.74, 6) is 3.69. The Hall–Kier alpha value is -0.830. The van der Waals surface area contributed by atoms with Crippen LogP contribution in [0.15, 0.2) is 29.3 Å². The van der Waals surface area contributed by atoms with E-state index in [0.717, 1.165) is 30.4 Å². The molecule has 0 aliphatic carbocycles. The highest BCUT2D eigenvalue weighted by Gasteiger charge is 2.06. The molecule has 1 rings (SSSR count). The van der Waals surface area contributed by atoms with E-state index in [2.05, 4.69) is 21.9 Å². The van der Waals surface area contributed by atoms with Gasteiger partial charge in [0.05, 0.1) is 13.7 Å². The number of nitrogens with one attached hydrogen (secondary N) is 2. The molecule has 0 saturated heterocycles. The molecule has 5 nitrogen and oxygen atoms in total. The highest BCUT2D eigenvalue weighted by molar-refractivity contribution is 14.0. The number of aliphatic imine (C=N–C) groups is 1. The summed E-state index contributed by atoms with van der Waals surface area (Å²) in [6.45, 7) is 3.66. The van der Waals surface area contributed by atoms with Gasteiger partial charge in [-0.25, -0.2) is 0 Å². The van der Waals surface area contributed by atoms with Gasteiger partial charge in [0.1, 0.15) is 17.6 Å². The molecule has 0 amide bonds. The van der Waals surface area contributed by atoms with Crippen LogP contribution in [0.4, 0.5) is 0 Å². The second-order valence-corrected chi connectivity index (χ2v) is 6.17. The Morgan fingerprint density at radius 2 is 1.83 bits per heavy atom. The molecule has 2 N–H and O–H groups in total. The molecule has 0 aromatic heterocycles. The van der Waals surface area contributed by atoms with Gasteiger partial charge in [-0.15, -0.1) is 24.0 Å². The molecular formula is C17H30IN3O2S. The first-order valence-electron chi connectivity index (χ1n) is 7.93. The van der Waals surface area contributed by atoms with Gasteiger partial charge in [0.15, 0.2) is 5.96 Å². The standard InChI is InChI=1S/C17H29N3O2S.HI/c1-14(22-16-9-7-15(21-3)8-10-16)13-20-17(18-2)19-11-5-6-12-23-4;/h7-10,14H,5-6,11-13H2,1-4H3,(H2,18,19,20);1H. The summed E-state index contributed by atoms with van der Waals surface area (Å²) in [5, 5.41) is 6.61. The average molecular weight is 467 g/mol. The number of unbranched alkanes of at least 4 members (excludes halogenated alkanes) is 1. The van der Waals surface area contributed by atoms with Crippen LogP contribution in [0.25, 0.3) is 0 Å². The van der Waals surface area contributed by atoms with Gasteiger partial charge in [-0.1, -0.05) is 0 Å². The maximum Gasteiger partial charge on any atom is 0.191 e. The van der Waals surface area contributed by atoms with Gasteiger partial charge < -0.3 is 20.1 Å². The van der Waals surface area contributed by atoms with E-state index >= 15 is 0 Å². The largest absolute Gasteiger partial charge is 0.497 e. The maximum absolute atomic E-state index is 5.86. The minimum atomic E-state index is 0.